The molecule has 0 unspecified atom stereocenters. The van der Waals surface area contributed by atoms with Crippen molar-refractivity contribution >= 4 is 11.3 Å². The monoisotopic (exact) mass is 255 g/mol. The highest BCUT2D eigenvalue weighted by Gasteiger charge is 2.35. The van der Waals surface area contributed by atoms with Crippen LogP contribution in [0.5, 0.6) is 5.06 Å². The lowest BCUT2D eigenvalue weighted by Crippen LogP contribution is -2.25. The van der Waals surface area contributed by atoms with Crippen LogP contribution < -0.4 is 4.74 Å². The van der Waals surface area contributed by atoms with E-state index in [9.17, 15) is 13.2 Å². The van der Waals surface area contributed by atoms with E-state index in [2.05, 4.69) is 4.98 Å². The van der Waals surface area contributed by atoms with Crippen LogP contribution in [-0.4, -0.2) is 23.3 Å². The maximum Gasteiger partial charge on any atom is 0.443 e. The van der Waals surface area contributed by atoms with Gasteiger partial charge in [-0.15, -0.1) is 0 Å². The number of aliphatic hydroxyl groups is 1. The standard InChI is InChI=1S/C9H12F3NO2S/c1-8(2,4-14)5-15-6-3-13-7(16-6)9(10,11)12/h3,14H,4-5H2,1-2H3. The third-order valence-corrected chi connectivity index (χ3v) is 2.71. The number of aromatic nitrogens is 1. The molecule has 0 aliphatic heterocycles. The zero-order valence-corrected chi connectivity index (χ0v) is 9.65. The minimum atomic E-state index is -4.43. The second-order valence-corrected chi connectivity index (χ2v) is 5.09. The van der Waals surface area contributed by atoms with Gasteiger partial charge in [0.1, 0.15) is 0 Å². The highest BCUT2D eigenvalue weighted by Crippen LogP contribution is 2.35. The van der Waals surface area contributed by atoms with E-state index in [1.165, 1.54) is 0 Å². The number of hydrogen-bond donors (Lipinski definition) is 1. The number of alkyl halides is 3. The molecular weight excluding hydrogens is 243 g/mol. The Kier molecular flexibility index (Phi) is 3.80. The fourth-order valence-corrected chi connectivity index (χ4v) is 1.40. The van der Waals surface area contributed by atoms with Crippen LogP contribution in [0.2, 0.25) is 0 Å². The van der Waals surface area contributed by atoms with Gasteiger partial charge in [0.15, 0.2) is 5.06 Å². The van der Waals surface area contributed by atoms with Crippen LogP contribution in [0.25, 0.3) is 0 Å². The third kappa shape index (κ3) is 3.64. The predicted molar refractivity (Wildman–Crippen MR) is 53.5 cm³/mol. The summed E-state index contributed by atoms with van der Waals surface area (Å²) in [7, 11) is 0. The lowest BCUT2D eigenvalue weighted by Gasteiger charge is -2.20. The molecule has 1 heterocycles. The summed E-state index contributed by atoms with van der Waals surface area (Å²) in [5, 5.41) is 8.11. The lowest BCUT2D eigenvalue weighted by molar-refractivity contribution is -0.137. The average Bonchev–Trinajstić information content (AvgIpc) is 2.63. The Morgan fingerprint density at radius 3 is 2.50 bits per heavy atom. The van der Waals surface area contributed by atoms with Crippen molar-refractivity contribution in [2.75, 3.05) is 13.2 Å². The first-order valence-electron chi connectivity index (χ1n) is 4.51. The Morgan fingerprint density at radius 1 is 1.44 bits per heavy atom. The molecule has 16 heavy (non-hydrogen) atoms. The van der Waals surface area contributed by atoms with Crippen molar-refractivity contribution in [1.29, 1.82) is 0 Å². The maximum atomic E-state index is 12.2. The molecule has 1 aromatic heterocycles. The Balaban J connectivity index is 2.60. The number of ether oxygens (including phenoxy) is 1. The van der Waals surface area contributed by atoms with E-state index in [-0.39, 0.29) is 18.3 Å². The summed E-state index contributed by atoms with van der Waals surface area (Å²) in [6.45, 7) is 3.54. The molecule has 1 N–H and O–H groups in total. The van der Waals surface area contributed by atoms with E-state index >= 15 is 0 Å². The van der Waals surface area contributed by atoms with Crippen LogP contribution in [0, 0.1) is 5.41 Å². The van der Waals surface area contributed by atoms with Gasteiger partial charge in [-0.3, -0.25) is 0 Å². The zero-order valence-electron chi connectivity index (χ0n) is 8.84. The van der Waals surface area contributed by atoms with Gasteiger partial charge < -0.3 is 9.84 Å². The Bertz CT molecular complexity index is 349. The molecule has 92 valence electrons. The summed E-state index contributed by atoms with van der Waals surface area (Å²) in [6, 6.07) is 0. The van der Waals surface area contributed by atoms with Gasteiger partial charge in [0.25, 0.3) is 0 Å². The number of rotatable bonds is 4. The van der Waals surface area contributed by atoms with Gasteiger partial charge in [-0.05, 0) is 0 Å². The summed E-state index contributed by atoms with van der Waals surface area (Å²) < 4.78 is 41.7. The molecule has 0 saturated heterocycles. The van der Waals surface area contributed by atoms with Crippen molar-refractivity contribution in [2.45, 2.75) is 20.0 Å². The first-order chi connectivity index (χ1) is 7.24. The predicted octanol–water partition coefficient (Wildman–Crippen LogP) is 2.56. The average molecular weight is 255 g/mol. The van der Waals surface area contributed by atoms with Gasteiger partial charge in [-0.1, -0.05) is 25.2 Å². The fraction of sp³-hybridized carbons (Fsp3) is 0.667. The van der Waals surface area contributed by atoms with Crippen molar-refractivity contribution in [2.24, 2.45) is 5.41 Å². The number of halogens is 3. The van der Waals surface area contributed by atoms with E-state index in [1.807, 2.05) is 0 Å². The minimum Gasteiger partial charge on any atom is -0.482 e. The summed E-state index contributed by atoms with van der Waals surface area (Å²) in [4.78, 5) is 3.22. The maximum absolute atomic E-state index is 12.2. The van der Waals surface area contributed by atoms with Crippen LogP contribution in [0.1, 0.15) is 18.9 Å². The number of hydrogen-bond acceptors (Lipinski definition) is 4. The minimum absolute atomic E-state index is 0.0993. The van der Waals surface area contributed by atoms with Crippen molar-refractivity contribution in [3.63, 3.8) is 0 Å². The molecule has 0 spiro atoms. The quantitative estimate of drug-likeness (QED) is 0.899. The van der Waals surface area contributed by atoms with E-state index in [0.717, 1.165) is 6.20 Å². The first-order valence-corrected chi connectivity index (χ1v) is 5.33. The molecule has 0 fully saturated rings. The molecule has 0 aliphatic carbocycles. The molecule has 1 rings (SSSR count). The van der Waals surface area contributed by atoms with Gasteiger partial charge in [0, 0.05) is 5.41 Å². The molecule has 0 bridgehead atoms. The van der Waals surface area contributed by atoms with Gasteiger partial charge in [-0.2, -0.15) is 13.2 Å². The van der Waals surface area contributed by atoms with Gasteiger partial charge in [0.05, 0.1) is 19.4 Å². The van der Waals surface area contributed by atoms with Crippen molar-refractivity contribution in [3.05, 3.63) is 11.2 Å². The van der Waals surface area contributed by atoms with Crippen LogP contribution in [-0.2, 0) is 6.18 Å². The molecule has 0 saturated carbocycles. The summed E-state index contributed by atoms with van der Waals surface area (Å²) in [5.74, 6) is 0. The molecule has 1 aromatic rings. The number of aliphatic hydroxyl groups excluding tert-OH is 1. The Labute approximate surface area is 94.9 Å². The summed E-state index contributed by atoms with van der Waals surface area (Å²) in [6.07, 6.45) is -3.39. The molecule has 3 nitrogen and oxygen atoms in total. The zero-order chi connectivity index (χ0) is 12.4. The first kappa shape index (κ1) is 13.2. The van der Waals surface area contributed by atoms with Crippen molar-refractivity contribution in [1.82, 2.24) is 4.98 Å². The van der Waals surface area contributed by atoms with Crippen LogP contribution in [0.4, 0.5) is 13.2 Å². The second kappa shape index (κ2) is 4.58. The van der Waals surface area contributed by atoms with E-state index in [1.54, 1.807) is 13.8 Å². The number of nitrogens with zero attached hydrogens (tertiary/aromatic N) is 1. The largest absolute Gasteiger partial charge is 0.482 e. The van der Waals surface area contributed by atoms with Gasteiger partial charge in [-0.25, -0.2) is 4.98 Å². The van der Waals surface area contributed by atoms with Crippen LogP contribution in [0.15, 0.2) is 6.20 Å². The van der Waals surface area contributed by atoms with E-state index in [4.69, 9.17) is 9.84 Å². The third-order valence-electron chi connectivity index (χ3n) is 1.76. The van der Waals surface area contributed by atoms with Gasteiger partial charge >= 0.3 is 6.18 Å². The fourth-order valence-electron chi connectivity index (χ4n) is 0.769. The highest BCUT2D eigenvalue weighted by atomic mass is 32.1. The van der Waals surface area contributed by atoms with E-state index < -0.39 is 16.6 Å². The molecule has 0 amide bonds. The summed E-state index contributed by atoms with van der Waals surface area (Å²) >= 11 is 0.451. The van der Waals surface area contributed by atoms with Crippen molar-refractivity contribution in [3.8, 4) is 5.06 Å². The molecule has 0 aliphatic rings. The molecule has 7 heteroatoms. The summed E-state index contributed by atoms with van der Waals surface area (Å²) in [5.41, 5.74) is -0.484. The smallest absolute Gasteiger partial charge is 0.443 e. The Morgan fingerprint density at radius 2 is 2.06 bits per heavy atom. The van der Waals surface area contributed by atoms with Crippen LogP contribution in [0.3, 0.4) is 0 Å². The second-order valence-electron chi connectivity index (χ2n) is 4.09. The normalized spacial score (nSPS) is 12.9. The SMILES string of the molecule is CC(C)(CO)COc1cnc(C(F)(F)F)s1. The lowest BCUT2D eigenvalue weighted by atomic mass is 9.97. The number of thiazole rings is 1. The Hall–Kier alpha value is -0.820. The molecular formula is C9H12F3NO2S. The highest BCUT2D eigenvalue weighted by molar-refractivity contribution is 7.13. The molecule has 0 radical (unpaired) electrons. The topological polar surface area (TPSA) is 42.4 Å². The molecule has 0 aromatic carbocycles. The van der Waals surface area contributed by atoms with Crippen molar-refractivity contribution < 1.29 is 23.0 Å². The molecule has 0 atom stereocenters. The van der Waals surface area contributed by atoms with E-state index in [0.29, 0.717) is 11.3 Å². The van der Waals surface area contributed by atoms with Gasteiger partial charge in [0.2, 0.25) is 5.01 Å². The van der Waals surface area contributed by atoms with Crippen LogP contribution >= 0.6 is 11.3 Å².